The van der Waals surface area contributed by atoms with Crippen LogP contribution in [-0.4, -0.2) is 28.4 Å². The Balaban J connectivity index is 1.63. The van der Waals surface area contributed by atoms with Gasteiger partial charge in [-0.1, -0.05) is 96.5 Å². The Morgan fingerprint density at radius 1 is 0.844 bits per heavy atom. The van der Waals surface area contributed by atoms with Crippen molar-refractivity contribution in [2.75, 3.05) is 6.54 Å². The van der Waals surface area contributed by atoms with E-state index in [1.165, 1.54) is 82.5 Å². The van der Waals surface area contributed by atoms with E-state index in [1.807, 2.05) is 0 Å². The predicted molar refractivity (Wildman–Crippen MR) is 129 cm³/mol. The van der Waals surface area contributed by atoms with Crippen molar-refractivity contribution in [1.29, 1.82) is 0 Å². The molecular weight excluding hydrogens is 404 g/mol. The first-order chi connectivity index (χ1) is 15.6. The highest BCUT2D eigenvalue weighted by Crippen LogP contribution is 2.17. The molecule has 0 saturated carbocycles. The van der Waals surface area contributed by atoms with E-state index in [0.29, 0.717) is 12.1 Å². The molecule has 0 aliphatic rings. The fourth-order valence-electron chi connectivity index (χ4n) is 4.20. The average molecular weight is 445 g/mol. The Morgan fingerprint density at radius 2 is 1.38 bits per heavy atom. The third-order valence-electron chi connectivity index (χ3n) is 6.11. The second-order valence-corrected chi connectivity index (χ2v) is 8.79. The molecule has 0 aliphatic heterocycles. The van der Waals surface area contributed by atoms with Crippen molar-refractivity contribution in [3.05, 3.63) is 34.2 Å². The van der Waals surface area contributed by atoms with E-state index in [-0.39, 0.29) is 16.9 Å². The summed E-state index contributed by atoms with van der Waals surface area (Å²) in [6.07, 6.45) is 17.6. The number of nitrogens with zero attached hydrogens (tertiary/aromatic N) is 1. The zero-order valence-electron chi connectivity index (χ0n) is 19.9. The first-order valence-corrected chi connectivity index (χ1v) is 12.5. The molecule has 1 aromatic heterocycles. The molecule has 6 heteroatoms. The highest BCUT2D eigenvalue weighted by molar-refractivity contribution is 6.11. The van der Waals surface area contributed by atoms with Crippen LogP contribution in [0, 0.1) is 0 Å². The number of unbranched alkanes of at least 4 members (excludes halogenated alkanes) is 13. The third kappa shape index (κ3) is 8.29. The van der Waals surface area contributed by atoms with Gasteiger partial charge in [0.05, 0.1) is 11.1 Å². The Labute approximate surface area is 191 Å². The lowest BCUT2D eigenvalue weighted by molar-refractivity contribution is -0.126. The number of hydrogen-bond acceptors (Lipinski definition) is 4. The van der Waals surface area contributed by atoms with Gasteiger partial charge in [-0.05, 0) is 18.6 Å². The van der Waals surface area contributed by atoms with Gasteiger partial charge in [0.2, 0.25) is 5.91 Å². The smallest absolute Gasteiger partial charge is 0.338 e. The fraction of sp³-hybridized carbons (Fsp3) is 0.654. The average Bonchev–Trinajstić information content (AvgIpc) is 3.17. The second kappa shape index (κ2) is 14.6. The number of benzene rings is 1. The van der Waals surface area contributed by atoms with Gasteiger partial charge in [0.25, 0.3) is 5.91 Å². The number of carbonyl (C=O) groups excluding carboxylic acids is 2. The second-order valence-electron chi connectivity index (χ2n) is 8.79. The minimum atomic E-state index is -0.594. The summed E-state index contributed by atoms with van der Waals surface area (Å²) in [7, 11) is 0. The standard InChI is InChI=1S/C26H40N2O4/c1-3-4-5-6-7-8-9-10-11-12-13-14-15-16-20-28(21(2)29)25(30)22-18-17-19-23-24(22)26(31)32-27-23/h17-19,27H,3-16,20H2,1-2H3. The number of fused-ring (bicyclic) bond motifs is 1. The number of rotatable bonds is 16. The van der Waals surface area contributed by atoms with Gasteiger partial charge < -0.3 is 4.52 Å². The minimum absolute atomic E-state index is 0.199. The van der Waals surface area contributed by atoms with E-state index in [2.05, 4.69) is 12.1 Å². The molecule has 0 radical (unpaired) electrons. The largest absolute Gasteiger partial charge is 0.365 e. The molecule has 0 atom stereocenters. The van der Waals surface area contributed by atoms with Crippen molar-refractivity contribution in [3.8, 4) is 0 Å². The summed E-state index contributed by atoms with van der Waals surface area (Å²) in [5.74, 6) is -0.744. The molecule has 0 aliphatic carbocycles. The van der Waals surface area contributed by atoms with Crippen LogP contribution < -0.4 is 5.63 Å². The predicted octanol–water partition coefficient (Wildman–Crippen LogP) is 6.59. The van der Waals surface area contributed by atoms with Crippen LogP contribution in [0.25, 0.3) is 10.9 Å². The molecule has 6 nitrogen and oxygen atoms in total. The lowest BCUT2D eigenvalue weighted by atomic mass is 10.0. The Bertz CT molecular complexity index is 883. The number of hydrogen-bond donors (Lipinski definition) is 1. The van der Waals surface area contributed by atoms with E-state index in [9.17, 15) is 14.4 Å². The van der Waals surface area contributed by atoms with Crippen molar-refractivity contribution in [1.82, 2.24) is 10.1 Å². The monoisotopic (exact) mass is 444 g/mol. The van der Waals surface area contributed by atoms with E-state index in [1.54, 1.807) is 18.2 Å². The molecular formula is C26H40N2O4. The van der Waals surface area contributed by atoms with Crippen LogP contribution in [0.2, 0.25) is 0 Å². The molecule has 0 bridgehead atoms. The summed E-state index contributed by atoms with van der Waals surface area (Å²) in [4.78, 5) is 38.2. The van der Waals surface area contributed by atoms with Crippen molar-refractivity contribution >= 4 is 22.7 Å². The van der Waals surface area contributed by atoms with Crippen molar-refractivity contribution in [3.63, 3.8) is 0 Å². The summed E-state index contributed by atoms with van der Waals surface area (Å²) in [6, 6.07) is 4.91. The number of aromatic amines is 1. The minimum Gasteiger partial charge on any atom is -0.338 e. The van der Waals surface area contributed by atoms with Crippen LogP contribution in [0.3, 0.4) is 0 Å². The summed E-state index contributed by atoms with van der Waals surface area (Å²) < 4.78 is 4.80. The van der Waals surface area contributed by atoms with E-state index >= 15 is 0 Å². The third-order valence-corrected chi connectivity index (χ3v) is 6.11. The van der Waals surface area contributed by atoms with Gasteiger partial charge in [0.1, 0.15) is 5.39 Å². The molecule has 2 amide bonds. The quantitative estimate of drug-likeness (QED) is 0.296. The number of H-pyrrole nitrogens is 1. The molecule has 0 unspecified atom stereocenters. The number of imide groups is 1. The van der Waals surface area contributed by atoms with Gasteiger partial charge in [-0.25, -0.2) is 9.95 Å². The summed E-state index contributed by atoms with van der Waals surface area (Å²) >= 11 is 0. The Kier molecular flexibility index (Phi) is 11.8. The molecule has 2 rings (SSSR count). The molecule has 1 N–H and O–H groups in total. The summed E-state index contributed by atoms with van der Waals surface area (Å²) in [5, 5.41) is 2.70. The van der Waals surface area contributed by atoms with Crippen LogP contribution in [0.15, 0.2) is 27.5 Å². The number of carbonyl (C=O) groups is 2. The van der Waals surface area contributed by atoms with E-state index in [4.69, 9.17) is 4.52 Å². The topological polar surface area (TPSA) is 83.4 Å². The Morgan fingerprint density at radius 3 is 1.91 bits per heavy atom. The fourth-order valence-corrected chi connectivity index (χ4v) is 4.20. The highest BCUT2D eigenvalue weighted by Gasteiger charge is 2.23. The maximum atomic E-state index is 12.9. The van der Waals surface area contributed by atoms with Gasteiger partial charge in [-0.15, -0.1) is 0 Å². The van der Waals surface area contributed by atoms with Gasteiger partial charge >= 0.3 is 5.63 Å². The lowest BCUT2D eigenvalue weighted by Crippen LogP contribution is -2.36. The number of amides is 2. The first kappa shape index (κ1) is 25.9. The van der Waals surface area contributed by atoms with Crippen LogP contribution in [0.4, 0.5) is 0 Å². The van der Waals surface area contributed by atoms with Crippen LogP contribution >= 0.6 is 0 Å². The molecule has 0 fully saturated rings. The van der Waals surface area contributed by atoms with Crippen LogP contribution in [0.5, 0.6) is 0 Å². The molecule has 178 valence electrons. The zero-order chi connectivity index (χ0) is 23.2. The normalized spacial score (nSPS) is 11.2. The van der Waals surface area contributed by atoms with Gasteiger partial charge in [-0.2, -0.15) is 0 Å². The SMILES string of the molecule is CCCCCCCCCCCCCCCCN(C(C)=O)C(=O)c1cccc2[nH]oc(=O)c12. The summed E-state index contributed by atoms with van der Waals surface area (Å²) in [6.45, 7) is 4.02. The molecule has 0 saturated heterocycles. The van der Waals surface area contributed by atoms with Crippen molar-refractivity contribution < 1.29 is 14.1 Å². The first-order valence-electron chi connectivity index (χ1n) is 12.5. The lowest BCUT2D eigenvalue weighted by Gasteiger charge is -2.19. The van der Waals surface area contributed by atoms with Crippen molar-refractivity contribution in [2.24, 2.45) is 0 Å². The van der Waals surface area contributed by atoms with Gasteiger partial charge in [0.15, 0.2) is 0 Å². The molecule has 0 spiro atoms. The zero-order valence-corrected chi connectivity index (χ0v) is 19.9. The molecule has 2 aromatic rings. The van der Waals surface area contributed by atoms with Crippen molar-refractivity contribution in [2.45, 2.75) is 104 Å². The molecule has 1 heterocycles. The van der Waals surface area contributed by atoms with Crippen LogP contribution in [-0.2, 0) is 4.79 Å². The van der Waals surface area contributed by atoms with E-state index in [0.717, 1.165) is 19.3 Å². The van der Waals surface area contributed by atoms with E-state index < -0.39 is 11.5 Å². The molecule has 1 aromatic carbocycles. The maximum absolute atomic E-state index is 12.9. The summed E-state index contributed by atoms with van der Waals surface area (Å²) in [5.41, 5.74) is 0.0721. The van der Waals surface area contributed by atoms with Gasteiger partial charge in [-0.3, -0.25) is 14.5 Å². The Hall–Kier alpha value is -2.37. The van der Waals surface area contributed by atoms with Gasteiger partial charge in [0, 0.05) is 13.5 Å². The molecule has 32 heavy (non-hydrogen) atoms. The maximum Gasteiger partial charge on any atom is 0.365 e. The number of aromatic nitrogens is 1. The number of nitrogens with one attached hydrogen (secondary N) is 1. The van der Waals surface area contributed by atoms with Crippen LogP contribution in [0.1, 0.15) is 114 Å². The highest BCUT2D eigenvalue weighted by atomic mass is 16.5.